The molecule has 4 heteroatoms. The Morgan fingerprint density at radius 1 is 1.47 bits per heavy atom. The monoisotopic (exact) mass is 342 g/mol. The van der Waals surface area contributed by atoms with Crippen molar-refractivity contribution in [3.8, 4) is 5.75 Å². The Labute approximate surface area is 112 Å². The molecule has 0 N–H and O–H groups in total. The van der Waals surface area contributed by atoms with Crippen molar-refractivity contribution in [1.82, 2.24) is 0 Å². The number of fused-ring (bicyclic) bond motifs is 3. The summed E-state index contributed by atoms with van der Waals surface area (Å²) in [5.74, 6) is 0.720. The molecular weight excluding hydrogens is 331 g/mol. The highest BCUT2D eigenvalue weighted by Crippen LogP contribution is 2.34. The number of alkyl halides is 1. The van der Waals surface area contributed by atoms with Gasteiger partial charge in [-0.25, -0.2) is 4.79 Å². The zero-order valence-corrected chi connectivity index (χ0v) is 11.5. The van der Waals surface area contributed by atoms with Crippen molar-refractivity contribution in [2.75, 3.05) is 4.43 Å². The molecule has 1 aromatic heterocycles. The Morgan fingerprint density at radius 2 is 2.29 bits per heavy atom. The fourth-order valence-corrected chi connectivity index (χ4v) is 2.64. The molecule has 0 saturated heterocycles. The average Bonchev–Trinajstić information content (AvgIpc) is 2.73. The number of hydrogen-bond acceptors (Lipinski definition) is 3. The standard InChI is InChI=1S/C13H11IO3/c1-7-2-3-9-11(4-7)17-13(15)10-5-8(6-14)16-12(9)10/h2-4,8H,5-6H2,1H3. The van der Waals surface area contributed by atoms with Crippen LogP contribution in [0.4, 0.5) is 0 Å². The maximum Gasteiger partial charge on any atom is 0.343 e. The van der Waals surface area contributed by atoms with Crippen LogP contribution in [-0.2, 0) is 6.42 Å². The Kier molecular flexibility index (Phi) is 2.61. The maximum absolute atomic E-state index is 11.8. The SMILES string of the molecule is Cc1ccc2c3c(c(=O)oc2c1)CC(CI)O3. The molecule has 0 saturated carbocycles. The van der Waals surface area contributed by atoms with Gasteiger partial charge in [-0.1, -0.05) is 28.7 Å². The lowest BCUT2D eigenvalue weighted by Gasteiger charge is -2.07. The molecule has 1 aliphatic heterocycles. The van der Waals surface area contributed by atoms with Gasteiger partial charge in [0.2, 0.25) is 0 Å². The summed E-state index contributed by atoms with van der Waals surface area (Å²) in [6.45, 7) is 1.97. The van der Waals surface area contributed by atoms with Gasteiger partial charge in [-0.05, 0) is 24.6 Å². The summed E-state index contributed by atoms with van der Waals surface area (Å²) in [7, 11) is 0. The van der Waals surface area contributed by atoms with Crippen molar-refractivity contribution in [2.45, 2.75) is 19.4 Å². The van der Waals surface area contributed by atoms with Gasteiger partial charge in [-0.3, -0.25) is 0 Å². The van der Waals surface area contributed by atoms with Gasteiger partial charge in [-0.15, -0.1) is 0 Å². The Bertz CT molecular complexity index is 645. The van der Waals surface area contributed by atoms with Gasteiger partial charge in [0.15, 0.2) is 0 Å². The maximum atomic E-state index is 11.8. The molecule has 1 unspecified atom stereocenters. The quantitative estimate of drug-likeness (QED) is 0.455. The first-order chi connectivity index (χ1) is 8.19. The third-order valence-corrected chi connectivity index (χ3v) is 3.98. The van der Waals surface area contributed by atoms with Crippen LogP contribution in [0.3, 0.4) is 0 Å². The van der Waals surface area contributed by atoms with Gasteiger partial charge in [0.1, 0.15) is 17.4 Å². The number of benzene rings is 1. The predicted octanol–water partition coefficient (Wildman–Crippen LogP) is 2.84. The van der Waals surface area contributed by atoms with Crippen LogP contribution < -0.4 is 10.4 Å². The lowest BCUT2D eigenvalue weighted by Crippen LogP contribution is -2.14. The molecule has 3 rings (SSSR count). The van der Waals surface area contributed by atoms with Crippen LogP contribution >= 0.6 is 22.6 Å². The molecule has 0 spiro atoms. The first kappa shape index (κ1) is 11.1. The number of rotatable bonds is 1. The lowest BCUT2D eigenvalue weighted by atomic mass is 10.1. The first-order valence-electron chi connectivity index (χ1n) is 5.48. The molecule has 88 valence electrons. The van der Waals surface area contributed by atoms with Crippen molar-refractivity contribution in [3.63, 3.8) is 0 Å². The summed E-state index contributed by atoms with van der Waals surface area (Å²) in [6, 6.07) is 5.84. The van der Waals surface area contributed by atoms with Crippen LogP contribution in [0.2, 0.25) is 0 Å². The second-order valence-corrected chi connectivity index (χ2v) is 5.18. The van der Waals surface area contributed by atoms with E-state index in [1.165, 1.54) is 0 Å². The highest BCUT2D eigenvalue weighted by Gasteiger charge is 2.28. The van der Waals surface area contributed by atoms with Crippen molar-refractivity contribution < 1.29 is 9.15 Å². The molecule has 2 aromatic rings. The van der Waals surface area contributed by atoms with Gasteiger partial charge in [0, 0.05) is 10.8 Å². The first-order valence-corrected chi connectivity index (χ1v) is 7.00. The van der Waals surface area contributed by atoms with Crippen LogP contribution in [0.5, 0.6) is 5.75 Å². The molecule has 1 atom stereocenters. The van der Waals surface area contributed by atoms with E-state index in [-0.39, 0.29) is 11.7 Å². The highest BCUT2D eigenvalue weighted by atomic mass is 127. The summed E-state index contributed by atoms with van der Waals surface area (Å²) in [5, 5.41) is 0.901. The van der Waals surface area contributed by atoms with Crippen molar-refractivity contribution in [2.24, 2.45) is 0 Å². The Morgan fingerprint density at radius 3 is 3.06 bits per heavy atom. The lowest BCUT2D eigenvalue weighted by molar-refractivity contribution is 0.265. The van der Waals surface area contributed by atoms with Gasteiger partial charge in [-0.2, -0.15) is 0 Å². The van der Waals surface area contributed by atoms with Crippen molar-refractivity contribution in [3.05, 3.63) is 39.7 Å². The molecule has 1 aliphatic rings. The molecule has 0 aliphatic carbocycles. The number of ether oxygens (including phenoxy) is 1. The van der Waals surface area contributed by atoms with Crippen LogP contribution in [0, 0.1) is 6.92 Å². The summed E-state index contributed by atoms with van der Waals surface area (Å²) in [5.41, 5.74) is 2.11. The molecule has 0 bridgehead atoms. The molecule has 1 aromatic carbocycles. The van der Waals surface area contributed by atoms with E-state index in [2.05, 4.69) is 22.6 Å². The van der Waals surface area contributed by atoms with E-state index in [0.29, 0.717) is 17.6 Å². The normalized spacial score (nSPS) is 18.1. The number of halogens is 1. The highest BCUT2D eigenvalue weighted by molar-refractivity contribution is 14.1. The van der Waals surface area contributed by atoms with Gasteiger partial charge < -0.3 is 9.15 Å². The largest absolute Gasteiger partial charge is 0.488 e. The predicted molar refractivity (Wildman–Crippen MR) is 74.2 cm³/mol. The minimum absolute atomic E-state index is 0.0976. The van der Waals surface area contributed by atoms with E-state index in [9.17, 15) is 4.79 Å². The van der Waals surface area contributed by atoms with Gasteiger partial charge in [0.25, 0.3) is 0 Å². The van der Waals surface area contributed by atoms with E-state index < -0.39 is 0 Å². The van der Waals surface area contributed by atoms with Crippen molar-refractivity contribution >= 4 is 33.6 Å². The smallest absolute Gasteiger partial charge is 0.343 e. The number of aryl methyl sites for hydroxylation is 1. The van der Waals surface area contributed by atoms with Crippen LogP contribution in [0.1, 0.15) is 11.1 Å². The molecule has 0 amide bonds. The summed E-state index contributed by atoms with van der Waals surface area (Å²) < 4.78 is 12.0. The summed E-state index contributed by atoms with van der Waals surface area (Å²) in [4.78, 5) is 11.8. The van der Waals surface area contributed by atoms with Crippen LogP contribution in [0.15, 0.2) is 27.4 Å². The van der Waals surface area contributed by atoms with E-state index in [4.69, 9.17) is 9.15 Å². The third-order valence-electron chi connectivity index (χ3n) is 2.99. The Balaban J connectivity index is 2.30. The second kappa shape index (κ2) is 4.01. The third kappa shape index (κ3) is 1.74. The minimum Gasteiger partial charge on any atom is -0.488 e. The summed E-state index contributed by atoms with van der Waals surface area (Å²) in [6.07, 6.45) is 0.755. The van der Waals surface area contributed by atoms with Crippen molar-refractivity contribution in [1.29, 1.82) is 0 Å². The molecule has 2 heterocycles. The summed E-state index contributed by atoms with van der Waals surface area (Å²) >= 11 is 2.27. The van der Waals surface area contributed by atoms with E-state index in [1.54, 1.807) is 0 Å². The van der Waals surface area contributed by atoms with Crippen LogP contribution in [0.25, 0.3) is 11.0 Å². The van der Waals surface area contributed by atoms with Gasteiger partial charge >= 0.3 is 5.63 Å². The molecule has 0 fully saturated rings. The van der Waals surface area contributed by atoms with Crippen LogP contribution in [-0.4, -0.2) is 10.5 Å². The number of hydrogen-bond donors (Lipinski definition) is 0. The topological polar surface area (TPSA) is 39.4 Å². The Hall–Kier alpha value is -1.04. The molecule has 17 heavy (non-hydrogen) atoms. The molecular formula is C13H11IO3. The second-order valence-electron chi connectivity index (χ2n) is 4.30. The molecule has 3 nitrogen and oxygen atoms in total. The van der Waals surface area contributed by atoms with Gasteiger partial charge in [0.05, 0.1) is 10.9 Å². The van der Waals surface area contributed by atoms with E-state index >= 15 is 0 Å². The zero-order valence-electron chi connectivity index (χ0n) is 9.33. The fourth-order valence-electron chi connectivity index (χ4n) is 2.15. The minimum atomic E-state index is -0.259. The average molecular weight is 342 g/mol. The molecule has 0 radical (unpaired) electrons. The van der Waals surface area contributed by atoms with E-state index in [1.807, 2.05) is 25.1 Å². The van der Waals surface area contributed by atoms with E-state index in [0.717, 1.165) is 21.1 Å². The fraction of sp³-hybridized carbons (Fsp3) is 0.308. The zero-order chi connectivity index (χ0) is 12.0.